The minimum Gasteiger partial charge on any atom is -0.273 e. The van der Waals surface area contributed by atoms with Crippen LogP contribution in [0.1, 0.15) is 49.9 Å². The Bertz CT molecular complexity index is 511. The molecule has 0 radical (unpaired) electrons. The summed E-state index contributed by atoms with van der Waals surface area (Å²) in [6, 6.07) is 8.65. The van der Waals surface area contributed by atoms with Crippen molar-refractivity contribution < 1.29 is 14.0 Å². The summed E-state index contributed by atoms with van der Waals surface area (Å²) in [5.74, 6) is -0.664. The van der Waals surface area contributed by atoms with Gasteiger partial charge in [0.05, 0.1) is 6.04 Å². The van der Waals surface area contributed by atoms with Crippen LogP contribution in [-0.4, -0.2) is 29.0 Å². The number of carbonyl (C=O) groups excluding carboxylic acids is 2. The molecule has 0 atom stereocenters. The highest BCUT2D eigenvalue weighted by molar-refractivity contribution is 5.95. The molecule has 2 rings (SSSR count). The van der Waals surface area contributed by atoms with Crippen molar-refractivity contribution in [2.75, 3.05) is 0 Å². The Hall–Kier alpha value is -1.91. The molecule has 0 aliphatic heterocycles. The number of alkyl halides is 1. The zero-order chi connectivity index (χ0) is 16.1. The molecule has 5 heteroatoms. The monoisotopic (exact) mass is 306 g/mol. The van der Waals surface area contributed by atoms with E-state index in [0.29, 0.717) is 31.2 Å². The Morgan fingerprint density at radius 2 is 1.73 bits per heavy atom. The van der Waals surface area contributed by atoms with E-state index in [-0.39, 0.29) is 23.8 Å². The first kappa shape index (κ1) is 16.5. The first-order valence-corrected chi connectivity index (χ1v) is 7.82. The summed E-state index contributed by atoms with van der Waals surface area (Å²) in [6.45, 7) is 3.59. The standard InChI is InChI=1S/C17H23FN2O2/c1-12(2)17(22)20(15-10-8-14(18)9-11-15)19-16(21)13-6-4-3-5-7-13/h3-7,12,14-15H,8-11H2,1-2H3,(H,19,21). The molecular weight excluding hydrogens is 283 g/mol. The second-order valence-electron chi connectivity index (χ2n) is 6.08. The number of hydrogen-bond donors (Lipinski definition) is 1. The van der Waals surface area contributed by atoms with Gasteiger partial charge in [-0.3, -0.25) is 20.0 Å². The summed E-state index contributed by atoms with van der Waals surface area (Å²) >= 11 is 0. The van der Waals surface area contributed by atoms with E-state index in [9.17, 15) is 14.0 Å². The molecule has 1 aliphatic carbocycles. The fourth-order valence-electron chi connectivity index (χ4n) is 2.66. The molecule has 120 valence electrons. The highest BCUT2D eigenvalue weighted by Gasteiger charge is 2.31. The fourth-order valence-corrected chi connectivity index (χ4v) is 2.66. The Morgan fingerprint density at radius 3 is 2.27 bits per heavy atom. The van der Waals surface area contributed by atoms with Gasteiger partial charge in [0.1, 0.15) is 6.17 Å². The maximum Gasteiger partial charge on any atom is 0.269 e. The number of halogens is 1. The molecule has 1 fully saturated rings. The number of carbonyl (C=O) groups is 2. The largest absolute Gasteiger partial charge is 0.273 e. The van der Waals surface area contributed by atoms with E-state index >= 15 is 0 Å². The predicted molar refractivity (Wildman–Crippen MR) is 82.7 cm³/mol. The predicted octanol–water partition coefficient (Wildman–Crippen LogP) is 3.10. The molecule has 1 aromatic rings. The quantitative estimate of drug-likeness (QED) is 0.872. The third-order valence-electron chi connectivity index (χ3n) is 3.98. The average Bonchev–Trinajstić information content (AvgIpc) is 2.53. The third kappa shape index (κ3) is 4.06. The first-order valence-electron chi connectivity index (χ1n) is 7.82. The van der Waals surface area contributed by atoms with E-state index in [4.69, 9.17) is 0 Å². The fraction of sp³-hybridized carbons (Fsp3) is 0.529. The summed E-state index contributed by atoms with van der Waals surface area (Å²) in [4.78, 5) is 24.7. The van der Waals surface area contributed by atoms with Gasteiger partial charge in [0.2, 0.25) is 5.91 Å². The van der Waals surface area contributed by atoms with Crippen LogP contribution in [0.4, 0.5) is 4.39 Å². The van der Waals surface area contributed by atoms with Gasteiger partial charge in [0, 0.05) is 11.5 Å². The molecule has 1 aliphatic rings. The van der Waals surface area contributed by atoms with Gasteiger partial charge in [-0.15, -0.1) is 0 Å². The van der Waals surface area contributed by atoms with Crippen LogP contribution in [0.15, 0.2) is 30.3 Å². The molecule has 0 unspecified atom stereocenters. The van der Waals surface area contributed by atoms with E-state index in [0.717, 1.165) is 0 Å². The average molecular weight is 306 g/mol. The molecule has 22 heavy (non-hydrogen) atoms. The van der Waals surface area contributed by atoms with Crippen molar-refractivity contribution in [2.45, 2.75) is 51.7 Å². The van der Waals surface area contributed by atoms with Crippen LogP contribution in [0.5, 0.6) is 0 Å². The number of nitrogens with zero attached hydrogens (tertiary/aromatic N) is 1. The maximum absolute atomic E-state index is 13.3. The van der Waals surface area contributed by atoms with E-state index < -0.39 is 6.17 Å². The number of nitrogens with one attached hydrogen (secondary N) is 1. The molecular formula is C17H23FN2O2. The Labute approximate surface area is 130 Å². The van der Waals surface area contributed by atoms with Gasteiger partial charge in [-0.2, -0.15) is 0 Å². The van der Waals surface area contributed by atoms with Crippen LogP contribution in [0.2, 0.25) is 0 Å². The minimum absolute atomic E-state index is 0.130. The summed E-state index contributed by atoms with van der Waals surface area (Å²) in [5.41, 5.74) is 3.22. The van der Waals surface area contributed by atoms with Crippen LogP contribution >= 0.6 is 0 Å². The summed E-state index contributed by atoms with van der Waals surface area (Å²) < 4.78 is 13.3. The molecule has 0 bridgehead atoms. The van der Waals surface area contributed by atoms with Crippen molar-refractivity contribution in [3.63, 3.8) is 0 Å². The number of hydrogen-bond acceptors (Lipinski definition) is 2. The van der Waals surface area contributed by atoms with Gasteiger partial charge in [-0.25, -0.2) is 4.39 Å². The van der Waals surface area contributed by atoms with Crippen LogP contribution in [0, 0.1) is 5.92 Å². The first-order chi connectivity index (χ1) is 10.5. The molecule has 1 saturated carbocycles. The van der Waals surface area contributed by atoms with E-state index in [1.165, 1.54) is 5.01 Å². The van der Waals surface area contributed by atoms with Crippen molar-refractivity contribution in [3.8, 4) is 0 Å². The zero-order valence-corrected chi connectivity index (χ0v) is 13.1. The highest BCUT2D eigenvalue weighted by atomic mass is 19.1. The van der Waals surface area contributed by atoms with Gasteiger partial charge in [0.15, 0.2) is 0 Å². The topological polar surface area (TPSA) is 49.4 Å². The summed E-state index contributed by atoms with van der Waals surface area (Å²) in [6.07, 6.45) is 1.24. The maximum atomic E-state index is 13.3. The molecule has 0 saturated heterocycles. The van der Waals surface area contributed by atoms with E-state index in [2.05, 4.69) is 5.43 Å². The van der Waals surface area contributed by atoms with Gasteiger partial charge in [-0.05, 0) is 37.8 Å². The molecule has 1 N–H and O–H groups in total. The zero-order valence-electron chi connectivity index (χ0n) is 13.1. The van der Waals surface area contributed by atoms with Crippen LogP contribution in [-0.2, 0) is 4.79 Å². The number of hydrazine groups is 1. The molecule has 1 aromatic carbocycles. The van der Waals surface area contributed by atoms with Crippen LogP contribution in [0.3, 0.4) is 0 Å². The lowest BCUT2D eigenvalue weighted by molar-refractivity contribution is -0.140. The SMILES string of the molecule is CC(C)C(=O)N(NC(=O)c1ccccc1)C1CCC(F)CC1. The Balaban J connectivity index is 2.11. The summed E-state index contributed by atoms with van der Waals surface area (Å²) in [5, 5.41) is 1.42. The second kappa shape index (κ2) is 7.38. The minimum atomic E-state index is -0.794. The number of amides is 2. The van der Waals surface area contributed by atoms with Crippen LogP contribution < -0.4 is 5.43 Å². The Kier molecular flexibility index (Phi) is 5.52. The van der Waals surface area contributed by atoms with Crippen molar-refractivity contribution in [3.05, 3.63) is 35.9 Å². The lowest BCUT2D eigenvalue weighted by atomic mass is 9.93. The van der Waals surface area contributed by atoms with E-state index in [1.807, 2.05) is 6.07 Å². The van der Waals surface area contributed by atoms with Gasteiger partial charge in [-0.1, -0.05) is 32.0 Å². The number of benzene rings is 1. The smallest absolute Gasteiger partial charge is 0.269 e. The molecule has 0 spiro atoms. The molecule has 2 amide bonds. The van der Waals surface area contributed by atoms with Crippen LogP contribution in [0.25, 0.3) is 0 Å². The summed E-state index contributed by atoms with van der Waals surface area (Å²) in [7, 11) is 0. The van der Waals surface area contributed by atoms with Gasteiger partial charge in [0.25, 0.3) is 5.91 Å². The highest BCUT2D eigenvalue weighted by Crippen LogP contribution is 2.25. The second-order valence-corrected chi connectivity index (χ2v) is 6.08. The van der Waals surface area contributed by atoms with E-state index in [1.54, 1.807) is 38.1 Å². The van der Waals surface area contributed by atoms with Crippen molar-refractivity contribution in [1.29, 1.82) is 0 Å². The third-order valence-corrected chi connectivity index (χ3v) is 3.98. The lowest BCUT2D eigenvalue weighted by Gasteiger charge is -2.36. The molecule has 4 nitrogen and oxygen atoms in total. The van der Waals surface area contributed by atoms with Crippen molar-refractivity contribution in [1.82, 2.24) is 10.4 Å². The van der Waals surface area contributed by atoms with Gasteiger partial charge < -0.3 is 0 Å². The van der Waals surface area contributed by atoms with Crippen molar-refractivity contribution in [2.24, 2.45) is 5.92 Å². The molecule has 0 heterocycles. The lowest BCUT2D eigenvalue weighted by Crippen LogP contribution is -2.54. The van der Waals surface area contributed by atoms with Gasteiger partial charge >= 0.3 is 0 Å². The van der Waals surface area contributed by atoms with Crippen molar-refractivity contribution >= 4 is 11.8 Å². The Morgan fingerprint density at radius 1 is 1.14 bits per heavy atom. The molecule has 0 aromatic heterocycles. The number of rotatable bonds is 3. The normalized spacial score (nSPS) is 21.5.